The summed E-state index contributed by atoms with van der Waals surface area (Å²) in [5.41, 5.74) is 3.16. The van der Waals surface area contributed by atoms with Crippen LogP contribution in [0.15, 0.2) is 48.5 Å². The van der Waals surface area contributed by atoms with E-state index in [2.05, 4.69) is 17.4 Å². The second-order valence-corrected chi connectivity index (χ2v) is 9.67. The van der Waals surface area contributed by atoms with E-state index in [1.807, 2.05) is 43.3 Å². The van der Waals surface area contributed by atoms with Gasteiger partial charge in [0.2, 0.25) is 5.91 Å². The topological polar surface area (TPSA) is 116 Å². The SMILES string of the molecule is CCCC(C)(NC(=O)OCC1c2ccccc2-c2ccccc21)C(=O)N1CC(O)CC(C(=O)O)C1. The van der Waals surface area contributed by atoms with Gasteiger partial charge in [-0.1, -0.05) is 61.9 Å². The fraction of sp³-hybridized carbons (Fsp3) is 0.444. The molecule has 3 unspecified atom stereocenters. The first-order chi connectivity index (χ1) is 16.7. The molecule has 8 nitrogen and oxygen atoms in total. The standard InChI is InChI=1S/C27H32N2O6/c1-3-12-27(2,25(33)29-14-17(24(31)32)13-18(30)15-29)28-26(34)35-16-23-21-10-6-4-8-19(21)20-9-5-7-11-22(20)23/h4-11,17-18,23,30H,3,12-16H2,1-2H3,(H,28,34)(H,31,32). The van der Waals surface area contributed by atoms with E-state index in [0.29, 0.717) is 12.8 Å². The maximum absolute atomic E-state index is 13.4. The third-order valence-corrected chi connectivity index (χ3v) is 7.01. The van der Waals surface area contributed by atoms with E-state index in [-0.39, 0.29) is 32.0 Å². The number of nitrogens with one attached hydrogen (secondary N) is 1. The van der Waals surface area contributed by atoms with Crippen molar-refractivity contribution in [1.82, 2.24) is 10.2 Å². The van der Waals surface area contributed by atoms with E-state index in [1.165, 1.54) is 4.90 Å². The molecule has 0 spiro atoms. The highest BCUT2D eigenvalue weighted by molar-refractivity contribution is 5.90. The lowest BCUT2D eigenvalue weighted by Gasteiger charge is -2.39. The van der Waals surface area contributed by atoms with Gasteiger partial charge in [-0.25, -0.2) is 4.79 Å². The maximum Gasteiger partial charge on any atom is 0.408 e. The number of benzene rings is 2. The number of hydrogen-bond acceptors (Lipinski definition) is 5. The minimum atomic E-state index is -1.28. The van der Waals surface area contributed by atoms with Gasteiger partial charge >= 0.3 is 12.1 Å². The lowest BCUT2D eigenvalue weighted by Crippen LogP contribution is -2.61. The Labute approximate surface area is 204 Å². The number of carbonyl (C=O) groups excluding carboxylic acids is 2. The number of amides is 2. The van der Waals surface area contributed by atoms with Gasteiger partial charge in [0.25, 0.3) is 0 Å². The summed E-state index contributed by atoms with van der Waals surface area (Å²) in [6.07, 6.45) is -0.563. The average molecular weight is 481 g/mol. The number of aliphatic hydroxyl groups is 1. The van der Waals surface area contributed by atoms with Crippen LogP contribution in [0.25, 0.3) is 11.1 Å². The minimum absolute atomic E-state index is 0.00307. The van der Waals surface area contributed by atoms with Crippen molar-refractivity contribution in [1.29, 1.82) is 0 Å². The van der Waals surface area contributed by atoms with Crippen LogP contribution in [0.1, 0.15) is 50.2 Å². The first-order valence-electron chi connectivity index (χ1n) is 12.1. The summed E-state index contributed by atoms with van der Waals surface area (Å²) >= 11 is 0. The number of likely N-dealkylation sites (tertiary alicyclic amines) is 1. The van der Waals surface area contributed by atoms with Gasteiger partial charge in [-0.05, 0) is 42.0 Å². The predicted molar refractivity (Wildman–Crippen MR) is 130 cm³/mol. The Morgan fingerprint density at radius 1 is 1.06 bits per heavy atom. The Bertz CT molecular complexity index is 1070. The monoisotopic (exact) mass is 480 g/mol. The molecule has 186 valence electrons. The summed E-state index contributed by atoms with van der Waals surface area (Å²) in [6, 6.07) is 16.1. The summed E-state index contributed by atoms with van der Waals surface area (Å²) in [7, 11) is 0. The van der Waals surface area contributed by atoms with Crippen molar-refractivity contribution in [3.05, 3.63) is 59.7 Å². The molecule has 2 aromatic carbocycles. The molecule has 2 aromatic rings. The number of carboxylic acid groups (broad SMARTS) is 1. The number of aliphatic carboxylic acids is 1. The van der Waals surface area contributed by atoms with Gasteiger partial charge in [0.1, 0.15) is 12.1 Å². The van der Waals surface area contributed by atoms with Crippen molar-refractivity contribution < 1.29 is 29.3 Å². The number of aliphatic hydroxyl groups excluding tert-OH is 1. The fourth-order valence-corrected chi connectivity index (χ4v) is 5.35. The van der Waals surface area contributed by atoms with E-state index in [1.54, 1.807) is 6.92 Å². The zero-order valence-electron chi connectivity index (χ0n) is 20.1. The lowest BCUT2D eigenvalue weighted by molar-refractivity contribution is -0.151. The molecule has 4 rings (SSSR count). The van der Waals surface area contributed by atoms with Crippen molar-refractivity contribution in [3.8, 4) is 11.1 Å². The molecule has 0 radical (unpaired) electrons. The third kappa shape index (κ3) is 5.03. The maximum atomic E-state index is 13.4. The van der Waals surface area contributed by atoms with Crippen LogP contribution in [0.2, 0.25) is 0 Å². The molecule has 0 aromatic heterocycles. The van der Waals surface area contributed by atoms with E-state index in [4.69, 9.17) is 4.74 Å². The quantitative estimate of drug-likeness (QED) is 0.560. The van der Waals surface area contributed by atoms with E-state index < -0.39 is 35.5 Å². The number of carboxylic acids is 1. The van der Waals surface area contributed by atoms with Gasteiger partial charge in [-0.2, -0.15) is 0 Å². The Hall–Kier alpha value is -3.39. The smallest absolute Gasteiger partial charge is 0.408 e. The number of fused-ring (bicyclic) bond motifs is 3. The Morgan fingerprint density at radius 3 is 2.23 bits per heavy atom. The molecule has 8 heteroatoms. The van der Waals surface area contributed by atoms with Gasteiger partial charge < -0.3 is 25.2 Å². The number of β-amino-alcohol motifs (C(OH)–C–C–N with tert-alkyl or cyclic N) is 1. The molecular weight excluding hydrogens is 448 g/mol. The normalized spacial score (nSPS) is 20.9. The van der Waals surface area contributed by atoms with Crippen LogP contribution >= 0.6 is 0 Å². The number of hydrogen-bond donors (Lipinski definition) is 3. The highest BCUT2D eigenvalue weighted by Crippen LogP contribution is 2.44. The zero-order valence-corrected chi connectivity index (χ0v) is 20.1. The van der Waals surface area contributed by atoms with Gasteiger partial charge in [0.15, 0.2) is 0 Å². The van der Waals surface area contributed by atoms with E-state index in [9.17, 15) is 24.6 Å². The molecule has 3 atom stereocenters. The molecule has 0 saturated carbocycles. The third-order valence-electron chi connectivity index (χ3n) is 7.01. The van der Waals surface area contributed by atoms with Crippen molar-refractivity contribution in [2.24, 2.45) is 5.92 Å². The molecule has 1 aliphatic heterocycles. The second-order valence-electron chi connectivity index (χ2n) is 9.67. The molecule has 1 heterocycles. The molecule has 1 fully saturated rings. The van der Waals surface area contributed by atoms with Gasteiger partial charge in [-0.15, -0.1) is 0 Å². The zero-order chi connectivity index (χ0) is 25.2. The first-order valence-corrected chi connectivity index (χ1v) is 12.1. The van der Waals surface area contributed by atoms with Gasteiger partial charge in [-0.3, -0.25) is 9.59 Å². The van der Waals surface area contributed by atoms with Crippen molar-refractivity contribution >= 4 is 18.0 Å². The largest absolute Gasteiger partial charge is 0.481 e. The van der Waals surface area contributed by atoms with Crippen LogP contribution in [0.4, 0.5) is 4.79 Å². The molecule has 0 bridgehead atoms. The Balaban J connectivity index is 1.46. The summed E-state index contributed by atoms with van der Waals surface area (Å²) in [5.74, 6) is -2.42. The van der Waals surface area contributed by atoms with Gasteiger partial charge in [0, 0.05) is 19.0 Å². The molecule has 1 saturated heterocycles. The number of nitrogens with zero attached hydrogens (tertiary/aromatic N) is 1. The van der Waals surface area contributed by atoms with Crippen molar-refractivity contribution in [2.75, 3.05) is 19.7 Å². The fourth-order valence-electron chi connectivity index (χ4n) is 5.35. The molecule has 1 aliphatic carbocycles. The van der Waals surface area contributed by atoms with Crippen LogP contribution in [0, 0.1) is 5.92 Å². The van der Waals surface area contributed by atoms with Crippen molar-refractivity contribution in [2.45, 2.75) is 50.7 Å². The predicted octanol–water partition coefficient (Wildman–Crippen LogP) is 3.38. The number of rotatable bonds is 7. The van der Waals surface area contributed by atoms with E-state index >= 15 is 0 Å². The lowest BCUT2D eigenvalue weighted by atomic mass is 9.90. The van der Waals surface area contributed by atoms with E-state index in [0.717, 1.165) is 22.3 Å². The van der Waals surface area contributed by atoms with Gasteiger partial charge in [0.05, 0.1) is 12.0 Å². The number of alkyl carbamates (subject to hydrolysis) is 1. The molecule has 35 heavy (non-hydrogen) atoms. The Kier molecular flexibility index (Phi) is 7.12. The van der Waals surface area contributed by atoms with Crippen LogP contribution < -0.4 is 5.32 Å². The van der Waals surface area contributed by atoms with Crippen LogP contribution in [-0.2, 0) is 14.3 Å². The summed E-state index contributed by atoms with van der Waals surface area (Å²) < 4.78 is 5.64. The molecule has 2 aliphatic rings. The second kappa shape index (κ2) is 10.1. The molecule has 2 amide bonds. The number of carbonyl (C=O) groups is 3. The summed E-state index contributed by atoms with van der Waals surface area (Å²) in [5, 5.41) is 22.2. The summed E-state index contributed by atoms with van der Waals surface area (Å²) in [4.78, 5) is 39.1. The highest BCUT2D eigenvalue weighted by atomic mass is 16.5. The number of ether oxygens (including phenoxy) is 1. The minimum Gasteiger partial charge on any atom is -0.481 e. The molecular formula is C27H32N2O6. The van der Waals surface area contributed by atoms with Crippen molar-refractivity contribution in [3.63, 3.8) is 0 Å². The van der Waals surface area contributed by atoms with Crippen LogP contribution in [0.3, 0.4) is 0 Å². The molecule has 3 N–H and O–H groups in total. The van der Waals surface area contributed by atoms with Crippen LogP contribution in [-0.4, -0.2) is 64.4 Å². The summed E-state index contributed by atoms with van der Waals surface area (Å²) in [6.45, 7) is 3.68. The highest BCUT2D eigenvalue weighted by Gasteiger charge is 2.42. The Morgan fingerprint density at radius 2 is 1.66 bits per heavy atom. The number of piperidine rings is 1. The average Bonchev–Trinajstić information content (AvgIpc) is 3.15. The first kappa shape index (κ1) is 24.7. The van der Waals surface area contributed by atoms with Crippen LogP contribution in [0.5, 0.6) is 0 Å².